The topological polar surface area (TPSA) is 42.1 Å². The van der Waals surface area contributed by atoms with Crippen LogP contribution >= 0.6 is 0 Å². The largest absolute Gasteiger partial charge is 0.495 e. The normalized spacial score (nSPS) is 19.1. The molecule has 1 heterocycles. The first-order chi connectivity index (χ1) is 6.72. The molecule has 3 nitrogen and oxygen atoms in total. The third-order valence-corrected chi connectivity index (χ3v) is 2.50. The van der Waals surface area contributed by atoms with E-state index < -0.39 is 0 Å². The second kappa shape index (κ2) is 3.33. The van der Waals surface area contributed by atoms with Gasteiger partial charge in [0.2, 0.25) is 0 Å². The Bertz CT molecular complexity index is 513. The summed E-state index contributed by atoms with van der Waals surface area (Å²) >= 11 is 0. The number of hydrogen-bond donors (Lipinski definition) is 1. The molecule has 0 aliphatic heterocycles. The lowest BCUT2D eigenvalue weighted by Gasteiger charge is -2.09. The van der Waals surface area contributed by atoms with Crippen LogP contribution in [0, 0.1) is 5.92 Å². The lowest BCUT2D eigenvalue weighted by Crippen LogP contribution is -2.43. The number of ether oxygens (including phenoxy) is 1. The standard InChI is InChI=1S/C11H13NO2/c1-7-3-4-8-9(5-7)11(13)12-6-10(8)14-2/h4-7H,3H2,1-2H3,(H,12,13). The molecule has 1 unspecified atom stereocenters. The van der Waals surface area contributed by atoms with Crippen LogP contribution in [0.3, 0.4) is 0 Å². The summed E-state index contributed by atoms with van der Waals surface area (Å²) < 4.78 is 5.18. The molecular weight excluding hydrogens is 178 g/mol. The first-order valence-electron chi connectivity index (χ1n) is 4.70. The minimum Gasteiger partial charge on any atom is -0.495 e. The van der Waals surface area contributed by atoms with Crippen molar-refractivity contribution < 1.29 is 4.74 Å². The van der Waals surface area contributed by atoms with E-state index in [2.05, 4.69) is 18.0 Å². The first-order valence-corrected chi connectivity index (χ1v) is 4.70. The van der Waals surface area contributed by atoms with Crippen LogP contribution in [0.15, 0.2) is 11.0 Å². The molecule has 0 saturated carbocycles. The van der Waals surface area contributed by atoms with Crippen molar-refractivity contribution in [2.45, 2.75) is 13.3 Å². The molecule has 3 heteroatoms. The van der Waals surface area contributed by atoms with Crippen molar-refractivity contribution in [1.82, 2.24) is 4.98 Å². The summed E-state index contributed by atoms with van der Waals surface area (Å²) in [6.07, 6.45) is 6.64. The second-order valence-electron chi connectivity index (χ2n) is 3.60. The number of H-pyrrole nitrogens is 1. The molecule has 0 fully saturated rings. The fourth-order valence-electron chi connectivity index (χ4n) is 1.74. The molecule has 14 heavy (non-hydrogen) atoms. The highest BCUT2D eigenvalue weighted by Gasteiger charge is 2.07. The maximum Gasteiger partial charge on any atom is 0.255 e. The van der Waals surface area contributed by atoms with E-state index in [9.17, 15) is 4.79 Å². The quantitative estimate of drug-likeness (QED) is 0.678. The van der Waals surface area contributed by atoms with E-state index in [-0.39, 0.29) is 5.56 Å². The Kier molecular flexibility index (Phi) is 2.15. The van der Waals surface area contributed by atoms with E-state index in [1.54, 1.807) is 13.3 Å². The third kappa shape index (κ3) is 1.35. The van der Waals surface area contributed by atoms with Crippen LogP contribution < -0.4 is 20.7 Å². The molecule has 0 spiro atoms. The van der Waals surface area contributed by atoms with E-state index in [0.717, 1.165) is 22.6 Å². The van der Waals surface area contributed by atoms with Crippen molar-refractivity contribution in [2.24, 2.45) is 5.92 Å². The summed E-state index contributed by atoms with van der Waals surface area (Å²) in [4.78, 5) is 14.2. The van der Waals surface area contributed by atoms with Crippen molar-refractivity contribution in [3.05, 3.63) is 27.0 Å². The minimum atomic E-state index is -0.0383. The van der Waals surface area contributed by atoms with E-state index in [1.165, 1.54) is 0 Å². The van der Waals surface area contributed by atoms with E-state index in [1.807, 2.05) is 6.08 Å². The van der Waals surface area contributed by atoms with E-state index in [4.69, 9.17) is 4.74 Å². The summed E-state index contributed by atoms with van der Waals surface area (Å²) in [6.45, 7) is 2.10. The summed E-state index contributed by atoms with van der Waals surface area (Å²) in [7, 11) is 1.61. The van der Waals surface area contributed by atoms with Gasteiger partial charge in [-0.15, -0.1) is 0 Å². The van der Waals surface area contributed by atoms with Gasteiger partial charge in [-0.2, -0.15) is 0 Å². The van der Waals surface area contributed by atoms with Gasteiger partial charge in [-0.1, -0.05) is 19.1 Å². The Morgan fingerprint density at radius 3 is 3.00 bits per heavy atom. The molecule has 1 aromatic heterocycles. The van der Waals surface area contributed by atoms with Gasteiger partial charge < -0.3 is 9.72 Å². The van der Waals surface area contributed by atoms with Crippen LogP contribution in [0.2, 0.25) is 0 Å². The van der Waals surface area contributed by atoms with Crippen LogP contribution in [-0.4, -0.2) is 12.1 Å². The number of nitrogens with one attached hydrogen (secondary N) is 1. The van der Waals surface area contributed by atoms with Gasteiger partial charge in [0.15, 0.2) is 0 Å². The number of pyridine rings is 1. The zero-order valence-corrected chi connectivity index (χ0v) is 8.33. The van der Waals surface area contributed by atoms with Gasteiger partial charge in [-0.05, 0) is 12.3 Å². The van der Waals surface area contributed by atoms with Crippen molar-refractivity contribution in [3.63, 3.8) is 0 Å². The summed E-state index contributed by atoms with van der Waals surface area (Å²) in [6, 6.07) is 0. The molecule has 2 rings (SSSR count). The molecule has 0 aromatic carbocycles. The fourth-order valence-corrected chi connectivity index (χ4v) is 1.74. The summed E-state index contributed by atoms with van der Waals surface area (Å²) in [5.41, 5.74) is -0.0383. The van der Waals surface area contributed by atoms with Gasteiger partial charge in [0, 0.05) is 16.6 Å². The van der Waals surface area contributed by atoms with Gasteiger partial charge in [0.25, 0.3) is 5.56 Å². The first kappa shape index (κ1) is 9.06. The van der Waals surface area contributed by atoms with Gasteiger partial charge in [0.05, 0.1) is 7.11 Å². The van der Waals surface area contributed by atoms with Crippen LogP contribution in [-0.2, 0) is 0 Å². The lowest BCUT2D eigenvalue weighted by atomic mass is 10.00. The van der Waals surface area contributed by atoms with Crippen molar-refractivity contribution in [1.29, 1.82) is 0 Å². The summed E-state index contributed by atoms with van der Waals surface area (Å²) in [5.74, 6) is 1.17. The number of aromatic amines is 1. The fraction of sp³-hybridized carbons (Fsp3) is 0.364. The zero-order valence-electron chi connectivity index (χ0n) is 8.33. The molecule has 1 atom stereocenters. The lowest BCUT2D eigenvalue weighted by molar-refractivity contribution is 0.408. The predicted molar refractivity (Wildman–Crippen MR) is 55.6 cm³/mol. The molecule has 1 N–H and O–H groups in total. The number of rotatable bonds is 1. The molecule has 1 aliphatic rings. The highest BCUT2D eigenvalue weighted by atomic mass is 16.5. The SMILES string of the molecule is COc1c[nH]c(=O)c2c1=CCC(C)C=2. The molecule has 74 valence electrons. The van der Waals surface area contributed by atoms with Gasteiger partial charge >= 0.3 is 0 Å². The van der Waals surface area contributed by atoms with Crippen molar-refractivity contribution in [2.75, 3.05) is 7.11 Å². The number of aromatic nitrogens is 1. The Balaban J connectivity index is 2.86. The van der Waals surface area contributed by atoms with Gasteiger partial charge in [0.1, 0.15) is 5.75 Å². The van der Waals surface area contributed by atoms with Gasteiger partial charge in [-0.3, -0.25) is 4.79 Å². The average Bonchev–Trinajstić information content (AvgIpc) is 2.19. The Labute approximate surface area is 81.7 Å². The molecule has 0 amide bonds. The molecule has 1 aliphatic carbocycles. The third-order valence-electron chi connectivity index (χ3n) is 2.50. The molecule has 0 saturated heterocycles. The van der Waals surface area contributed by atoms with E-state index in [0.29, 0.717) is 5.92 Å². The van der Waals surface area contributed by atoms with Crippen LogP contribution in [0.1, 0.15) is 13.3 Å². The monoisotopic (exact) mass is 191 g/mol. The molecule has 0 bridgehead atoms. The number of fused-ring (bicyclic) bond motifs is 1. The highest BCUT2D eigenvalue weighted by molar-refractivity contribution is 5.43. The van der Waals surface area contributed by atoms with Crippen LogP contribution in [0.4, 0.5) is 0 Å². The van der Waals surface area contributed by atoms with Crippen LogP contribution in [0.25, 0.3) is 12.2 Å². The van der Waals surface area contributed by atoms with Crippen LogP contribution in [0.5, 0.6) is 5.75 Å². The number of hydrogen-bond acceptors (Lipinski definition) is 2. The summed E-state index contributed by atoms with van der Waals surface area (Å²) in [5, 5.41) is 1.66. The molecule has 1 aromatic rings. The molecule has 0 radical (unpaired) electrons. The smallest absolute Gasteiger partial charge is 0.255 e. The maximum absolute atomic E-state index is 11.5. The minimum absolute atomic E-state index is 0.0383. The van der Waals surface area contributed by atoms with Crippen molar-refractivity contribution in [3.8, 4) is 5.75 Å². The highest BCUT2D eigenvalue weighted by Crippen LogP contribution is 2.07. The van der Waals surface area contributed by atoms with Gasteiger partial charge in [-0.25, -0.2) is 0 Å². The second-order valence-corrected chi connectivity index (χ2v) is 3.60. The Morgan fingerprint density at radius 2 is 2.29 bits per heavy atom. The average molecular weight is 191 g/mol. The Morgan fingerprint density at radius 1 is 1.50 bits per heavy atom. The zero-order chi connectivity index (χ0) is 10.1. The van der Waals surface area contributed by atoms with E-state index >= 15 is 0 Å². The van der Waals surface area contributed by atoms with Crippen molar-refractivity contribution >= 4 is 12.2 Å². The molecular formula is C11H13NO2. The number of methoxy groups -OCH3 is 1. The predicted octanol–water partition coefficient (Wildman–Crippen LogP) is -0.0157. The maximum atomic E-state index is 11.5. The Hall–Kier alpha value is -1.51.